The van der Waals surface area contributed by atoms with E-state index in [-0.39, 0.29) is 24.8 Å². The molecule has 2 atom stereocenters. The van der Waals surface area contributed by atoms with Gasteiger partial charge in [0.05, 0.1) is 18.6 Å². The van der Waals surface area contributed by atoms with Gasteiger partial charge in [0, 0.05) is 12.1 Å². The van der Waals surface area contributed by atoms with E-state index in [1.165, 1.54) is 18.2 Å². The summed E-state index contributed by atoms with van der Waals surface area (Å²) < 4.78 is 13.4. The lowest BCUT2D eigenvalue weighted by atomic mass is 9.89. The number of hydrogen-bond acceptors (Lipinski definition) is 3. The highest BCUT2D eigenvalue weighted by atomic mass is 19.1. The molecule has 2 aromatic rings. The van der Waals surface area contributed by atoms with Gasteiger partial charge in [-0.2, -0.15) is 0 Å². The number of rotatable bonds is 4. The van der Waals surface area contributed by atoms with Crippen LogP contribution in [-0.2, 0) is 9.59 Å². The Balaban J connectivity index is 1.84. The van der Waals surface area contributed by atoms with Crippen molar-refractivity contribution in [2.75, 3.05) is 11.9 Å². The lowest BCUT2D eigenvalue weighted by molar-refractivity contribution is -0.127. The van der Waals surface area contributed by atoms with Crippen LogP contribution in [0.25, 0.3) is 0 Å². The van der Waals surface area contributed by atoms with Gasteiger partial charge in [-0.1, -0.05) is 36.4 Å². The summed E-state index contributed by atoms with van der Waals surface area (Å²) in [6.45, 7) is -0.259. The number of benzene rings is 2. The lowest BCUT2D eigenvalue weighted by Crippen LogP contribution is -2.38. The van der Waals surface area contributed by atoms with Crippen LogP contribution in [0, 0.1) is 5.82 Å². The van der Waals surface area contributed by atoms with Gasteiger partial charge in [0.2, 0.25) is 11.8 Å². The number of hydrogen-bond donors (Lipinski definition) is 3. The van der Waals surface area contributed by atoms with Gasteiger partial charge in [-0.25, -0.2) is 4.39 Å². The maximum absolute atomic E-state index is 13.4. The summed E-state index contributed by atoms with van der Waals surface area (Å²) >= 11 is 0. The Hall–Kier alpha value is -2.73. The van der Waals surface area contributed by atoms with E-state index in [1.54, 1.807) is 12.1 Å². The third kappa shape index (κ3) is 3.28. The van der Waals surface area contributed by atoms with Gasteiger partial charge in [-0.05, 0) is 23.3 Å². The molecule has 1 heterocycles. The fourth-order valence-electron chi connectivity index (χ4n) is 2.86. The first-order valence-corrected chi connectivity index (χ1v) is 7.64. The van der Waals surface area contributed by atoms with Crippen LogP contribution in [0.4, 0.5) is 10.1 Å². The molecule has 0 saturated heterocycles. The van der Waals surface area contributed by atoms with Crippen molar-refractivity contribution < 1.29 is 19.1 Å². The fraction of sp³-hybridized carbons (Fsp3) is 0.222. The molecule has 0 spiro atoms. The topological polar surface area (TPSA) is 78.4 Å². The SMILES string of the molecule is O=C1CC(C(=O)NC(CO)c2ccccc2)c2ccc(F)cc2N1. The van der Waals surface area contributed by atoms with Crippen molar-refractivity contribution in [2.45, 2.75) is 18.4 Å². The van der Waals surface area contributed by atoms with Crippen LogP contribution in [0.5, 0.6) is 0 Å². The molecule has 124 valence electrons. The fourth-order valence-corrected chi connectivity index (χ4v) is 2.86. The predicted octanol–water partition coefficient (Wildman–Crippen LogP) is 2.10. The Bertz CT molecular complexity index is 764. The maximum atomic E-state index is 13.4. The maximum Gasteiger partial charge on any atom is 0.228 e. The summed E-state index contributed by atoms with van der Waals surface area (Å²) in [4.78, 5) is 24.5. The van der Waals surface area contributed by atoms with Gasteiger partial charge in [-0.3, -0.25) is 9.59 Å². The number of aliphatic hydroxyl groups is 1. The molecule has 2 aromatic carbocycles. The molecule has 2 amide bonds. The Morgan fingerprint density at radius 2 is 2.04 bits per heavy atom. The van der Waals surface area contributed by atoms with Gasteiger partial charge >= 0.3 is 0 Å². The summed E-state index contributed by atoms with van der Waals surface area (Å²) in [5.74, 6) is -1.91. The van der Waals surface area contributed by atoms with E-state index in [2.05, 4.69) is 10.6 Å². The largest absolute Gasteiger partial charge is 0.394 e. The van der Waals surface area contributed by atoms with Crippen LogP contribution >= 0.6 is 0 Å². The van der Waals surface area contributed by atoms with Crippen molar-refractivity contribution in [3.63, 3.8) is 0 Å². The molecule has 0 aromatic heterocycles. The molecule has 5 nitrogen and oxygen atoms in total. The molecule has 3 rings (SSSR count). The number of nitrogens with one attached hydrogen (secondary N) is 2. The van der Waals surface area contributed by atoms with Gasteiger partial charge in [-0.15, -0.1) is 0 Å². The van der Waals surface area contributed by atoms with Crippen LogP contribution < -0.4 is 10.6 Å². The minimum atomic E-state index is -0.716. The highest BCUT2D eigenvalue weighted by Crippen LogP contribution is 2.33. The van der Waals surface area contributed by atoms with Gasteiger partial charge in [0.15, 0.2) is 0 Å². The molecule has 1 aliphatic heterocycles. The van der Waals surface area contributed by atoms with E-state index in [0.717, 1.165) is 5.56 Å². The van der Waals surface area contributed by atoms with E-state index in [1.807, 2.05) is 18.2 Å². The minimum absolute atomic E-state index is 0.0165. The molecule has 0 radical (unpaired) electrons. The van der Waals surface area contributed by atoms with E-state index in [9.17, 15) is 19.1 Å². The highest BCUT2D eigenvalue weighted by Gasteiger charge is 2.32. The summed E-state index contributed by atoms with van der Waals surface area (Å²) in [5, 5.41) is 14.9. The summed E-state index contributed by atoms with van der Waals surface area (Å²) in [6.07, 6.45) is -0.0165. The van der Waals surface area contributed by atoms with Crippen LogP contribution in [0.2, 0.25) is 0 Å². The van der Waals surface area contributed by atoms with Crippen LogP contribution in [-0.4, -0.2) is 23.5 Å². The van der Waals surface area contributed by atoms with E-state index in [0.29, 0.717) is 11.3 Å². The molecule has 1 aliphatic rings. The van der Waals surface area contributed by atoms with Crippen molar-refractivity contribution >= 4 is 17.5 Å². The van der Waals surface area contributed by atoms with Gasteiger partial charge in [0.25, 0.3) is 0 Å². The molecule has 6 heteroatoms. The van der Waals surface area contributed by atoms with E-state index < -0.39 is 17.8 Å². The van der Waals surface area contributed by atoms with Crippen molar-refractivity contribution in [1.82, 2.24) is 5.32 Å². The third-order valence-corrected chi connectivity index (χ3v) is 4.07. The third-order valence-electron chi connectivity index (χ3n) is 4.07. The zero-order valence-electron chi connectivity index (χ0n) is 12.8. The average molecular weight is 328 g/mol. The molecular formula is C18H17FN2O3. The molecule has 0 saturated carbocycles. The van der Waals surface area contributed by atoms with E-state index in [4.69, 9.17) is 0 Å². The monoisotopic (exact) mass is 328 g/mol. The number of carbonyl (C=O) groups is 2. The molecule has 0 bridgehead atoms. The molecule has 2 unspecified atom stereocenters. The van der Waals surface area contributed by atoms with Gasteiger partial charge in [0.1, 0.15) is 5.82 Å². The molecule has 0 aliphatic carbocycles. The molecule has 3 N–H and O–H groups in total. The zero-order chi connectivity index (χ0) is 17.1. The Morgan fingerprint density at radius 3 is 2.75 bits per heavy atom. The number of fused-ring (bicyclic) bond motifs is 1. The smallest absolute Gasteiger partial charge is 0.228 e. The van der Waals surface area contributed by atoms with Crippen molar-refractivity contribution in [3.05, 3.63) is 65.5 Å². The summed E-state index contributed by atoms with van der Waals surface area (Å²) in [7, 11) is 0. The number of anilines is 1. The van der Waals surface area contributed by atoms with Gasteiger partial charge < -0.3 is 15.7 Å². The van der Waals surface area contributed by atoms with Crippen molar-refractivity contribution in [2.24, 2.45) is 0 Å². The standard InChI is InChI=1S/C18H17FN2O3/c19-12-6-7-13-14(9-17(23)20-15(13)8-12)18(24)21-16(10-22)11-4-2-1-3-5-11/h1-8,14,16,22H,9-10H2,(H,20,23)(H,21,24). The molecular weight excluding hydrogens is 311 g/mol. The highest BCUT2D eigenvalue weighted by molar-refractivity contribution is 6.01. The number of aliphatic hydroxyl groups excluding tert-OH is 1. The van der Waals surface area contributed by atoms with Crippen LogP contribution in [0.3, 0.4) is 0 Å². The molecule has 0 fully saturated rings. The first-order chi connectivity index (χ1) is 11.6. The number of halogens is 1. The zero-order valence-corrected chi connectivity index (χ0v) is 12.8. The summed E-state index contributed by atoms with van der Waals surface area (Å²) in [6, 6.07) is 12.5. The quantitative estimate of drug-likeness (QED) is 0.804. The first kappa shape index (κ1) is 16.1. The summed E-state index contributed by atoms with van der Waals surface area (Å²) in [5.41, 5.74) is 1.65. The first-order valence-electron chi connectivity index (χ1n) is 7.64. The normalized spacial score (nSPS) is 17.6. The number of carbonyl (C=O) groups excluding carboxylic acids is 2. The average Bonchev–Trinajstić information content (AvgIpc) is 2.59. The second-order valence-corrected chi connectivity index (χ2v) is 5.69. The predicted molar refractivity (Wildman–Crippen MR) is 86.8 cm³/mol. The molecule has 24 heavy (non-hydrogen) atoms. The minimum Gasteiger partial charge on any atom is -0.394 e. The Morgan fingerprint density at radius 1 is 1.29 bits per heavy atom. The van der Waals surface area contributed by atoms with Crippen molar-refractivity contribution in [1.29, 1.82) is 0 Å². The second-order valence-electron chi connectivity index (χ2n) is 5.69. The number of amides is 2. The Labute approximate surface area is 138 Å². The second kappa shape index (κ2) is 6.80. The lowest BCUT2D eigenvalue weighted by Gasteiger charge is -2.27. The Kier molecular flexibility index (Phi) is 4.57. The van der Waals surface area contributed by atoms with Crippen molar-refractivity contribution in [3.8, 4) is 0 Å². The van der Waals surface area contributed by atoms with Crippen LogP contribution in [0.15, 0.2) is 48.5 Å². The van der Waals surface area contributed by atoms with E-state index >= 15 is 0 Å². The van der Waals surface area contributed by atoms with Crippen LogP contribution in [0.1, 0.15) is 29.5 Å².